The van der Waals surface area contributed by atoms with Gasteiger partial charge in [0.25, 0.3) is 15.3 Å². The average Bonchev–Trinajstić information content (AvgIpc) is 2.08. The van der Waals surface area contributed by atoms with E-state index in [9.17, 15) is 30.3 Å². The highest BCUT2D eigenvalue weighted by Crippen LogP contribution is 1.96. The second-order valence-electron chi connectivity index (χ2n) is 1.99. The van der Waals surface area contributed by atoms with E-state index in [2.05, 4.69) is 14.5 Å². The molecule has 0 amide bonds. The zero-order chi connectivity index (χ0) is 11.8. The molecule has 0 heterocycles. The molecule has 0 aliphatic rings. The summed E-state index contributed by atoms with van der Waals surface area (Å²) in [6, 6.07) is 0. The van der Waals surface area contributed by atoms with Gasteiger partial charge in [0.05, 0.1) is 0 Å². The van der Waals surface area contributed by atoms with Gasteiger partial charge in [0.1, 0.15) is 13.2 Å². The third-order valence-corrected chi connectivity index (χ3v) is 0.967. The first-order valence-corrected chi connectivity index (χ1v) is 3.27. The fourth-order valence-corrected chi connectivity index (χ4v) is 0.519. The highest BCUT2D eigenvalue weighted by molar-refractivity contribution is 4.49. The van der Waals surface area contributed by atoms with Crippen LogP contribution in [0.1, 0.15) is 0 Å². The van der Waals surface area contributed by atoms with Gasteiger partial charge in [-0.05, 0) is 0 Å². The summed E-state index contributed by atoms with van der Waals surface area (Å²) in [5.41, 5.74) is 0. The van der Waals surface area contributed by atoms with Gasteiger partial charge in [-0.1, -0.05) is 0 Å². The topological polar surface area (TPSA) is 192 Å². The van der Waals surface area contributed by atoms with E-state index < -0.39 is 34.6 Å². The predicted molar refractivity (Wildman–Crippen MR) is 42.8 cm³/mol. The Balaban J connectivity index is 0. The molecule has 0 radical (unpaired) electrons. The lowest BCUT2D eigenvalue weighted by Crippen LogP contribution is -2.30. The van der Waals surface area contributed by atoms with E-state index >= 15 is 0 Å². The van der Waals surface area contributed by atoms with Crippen molar-refractivity contribution in [1.82, 2.24) is 6.15 Å². The minimum absolute atomic E-state index is 0. The molecule has 13 heteroatoms. The Hall–Kier alpha value is -2.44. The first kappa shape index (κ1) is 16.0. The van der Waals surface area contributed by atoms with Crippen LogP contribution in [-0.4, -0.2) is 34.6 Å². The fourth-order valence-electron chi connectivity index (χ4n) is 0.519. The van der Waals surface area contributed by atoms with Gasteiger partial charge in [-0.3, -0.25) is 0 Å². The quantitative estimate of drug-likeness (QED) is 0.414. The SMILES string of the molecule is N.O=[N+]([O-])OCC(CO[N+](=O)[O-])O[N+](=O)[O-]. The Morgan fingerprint density at radius 2 is 1.25 bits per heavy atom. The minimum Gasteiger partial charge on any atom is -0.344 e. The summed E-state index contributed by atoms with van der Waals surface area (Å²) in [5.74, 6) is 0. The van der Waals surface area contributed by atoms with Crippen LogP contribution in [0.5, 0.6) is 0 Å². The zero-order valence-corrected chi connectivity index (χ0v) is 7.71. The van der Waals surface area contributed by atoms with Crippen molar-refractivity contribution in [2.75, 3.05) is 13.2 Å². The monoisotopic (exact) mass is 244 g/mol. The Kier molecular flexibility index (Phi) is 7.92. The molecule has 0 aliphatic heterocycles. The van der Waals surface area contributed by atoms with E-state index in [1.807, 2.05) is 0 Å². The lowest BCUT2D eigenvalue weighted by Gasteiger charge is -2.11. The maximum Gasteiger partial charge on any atom is 0.294 e. The van der Waals surface area contributed by atoms with Crippen molar-refractivity contribution in [2.45, 2.75) is 6.10 Å². The van der Waals surface area contributed by atoms with Gasteiger partial charge in [0.2, 0.25) is 0 Å². The Labute approximate surface area is 86.8 Å². The van der Waals surface area contributed by atoms with Crippen molar-refractivity contribution in [3.63, 3.8) is 0 Å². The molecule has 0 aliphatic carbocycles. The normalized spacial score (nSPS) is 8.81. The third-order valence-electron chi connectivity index (χ3n) is 0.967. The molecular weight excluding hydrogens is 236 g/mol. The van der Waals surface area contributed by atoms with Gasteiger partial charge in [0.15, 0.2) is 6.10 Å². The maximum absolute atomic E-state index is 9.83. The molecule has 0 aromatic heterocycles. The van der Waals surface area contributed by atoms with Gasteiger partial charge in [-0.15, -0.1) is 30.3 Å². The molecule has 0 bridgehead atoms. The highest BCUT2D eigenvalue weighted by atomic mass is 17.0. The third kappa shape index (κ3) is 9.65. The molecule has 0 rings (SSSR count). The highest BCUT2D eigenvalue weighted by Gasteiger charge is 2.17. The second kappa shape index (κ2) is 7.92. The molecule has 0 unspecified atom stereocenters. The van der Waals surface area contributed by atoms with E-state index in [0.29, 0.717) is 0 Å². The van der Waals surface area contributed by atoms with Gasteiger partial charge >= 0.3 is 0 Å². The van der Waals surface area contributed by atoms with Crippen molar-refractivity contribution in [3.8, 4) is 0 Å². The predicted octanol–water partition coefficient (Wildman–Crippen LogP) is -0.858. The average molecular weight is 244 g/mol. The maximum atomic E-state index is 9.83. The summed E-state index contributed by atoms with van der Waals surface area (Å²) in [5, 5.41) is 25.5. The molecule has 0 aromatic rings. The van der Waals surface area contributed by atoms with Gasteiger partial charge in [-0.25, -0.2) is 0 Å². The lowest BCUT2D eigenvalue weighted by molar-refractivity contribution is -0.803. The number of nitrogens with zero attached hydrogens (tertiary/aromatic N) is 3. The number of hydrogen-bond acceptors (Lipinski definition) is 10. The molecule has 0 fully saturated rings. The van der Waals surface area contributed by atoms with E-state index in [1.165, 1.54) is 0 Å². The van der Waals surface area contributed by atoms with E-state index in [-0.39, 0.29) is 6.15 Å². The van der Waals surface area contributed by atoms with Gasteiger partial charge in [-0.2, -0.15) is 0 Å². The molecule has 3 N–H and O–H groups in total. The first-order chi connectivity index (χ1) is 6.91. The van der Waals surface area contributed by atoms with Crippen LogP contribution in [0.4, 0.5) is 0 Å². The summed E-state index contributed by atoms with van der Waals surface area (Å²) < 4.78 is 0. The summed E-state index contributed by atoms with van der Waals surface area (Å²) in [6.07, 6.45) is -1.55. The van der Waals surface area contributed by atoms with Crippen LogP contribution in [0.15, 0.2) is 0 Å². The van der Waals surface area contributed by atoms with Crippen molar-refractivity contribution >= 4 is 0 Å². The van der Waals surface area contributed by atoms with Crippen molar-refractivity contribution in [1.29, 1.82) is 0 Å². The molecule has 13 nitrogen and oxygen atoms in total. The van der Waals surface area contributed by atoms with Gasteiger partial charge < -0.3 is 20.7 Å². The number of rotatable bonds is 8. The summed E-state index contributed by atoms with van der Waals surface area (Å²) in [7, 11) is 0. The molecule has 0 aromatic carbocycles. The summed E-state index contributed by atoms with van der Waals surface area (Å²) >= 11 is 0. The van der Waals surface area contributed by atoms with Crippen LogP contribution < -0.4 is 6.15 Å². The van der Waals surface area contributed by atoms with Crippen LogP contribution in [0, 0.1) is 30.3 Å². The van der Waals surface area contributed by atoms with Crippen LogP contribution >= 0.6 is 0 Å². The molecule has 94 valence electrons. The first-order valence-electron chi connectivity index (χ1n) is 3.27. The smallest absolute Gasteiger partial charge is 0.294 e. The van der Waals surface area contributed by atoms with Crippen LogP contribution in [0.2, 0.25) is 0 Å². The largest absolute Gasteiger partial charge is 0.344 e. The Morgan fingerprint density at radius 1 is 0.875 bits per heavy atom. The molecule has 0 saturated carbocycles. The molecular formula is C3H8N4O9. The Bertz CT molecular complexity index is 237. The number of hydrogen-bond donors (Lipinski definition) is 1. The molecule has 16 heavy (non-hydrogen) atoms. The second-order valence-corrected chi connectivity index (χ2v) is 1.99. The summed E-state index contributed by atoms with van der Waals surface area (Å²) in [6.45, 7) is -1.69. The zero-order valence-electron chi connectivity index (χ0n) is 7.71. The van der Waals surface area contributed by atoms with Crippen LogP contribution in [0.25, 0.3) is 0 Å². The van der Waals surface area contributed by atoms with Crippen LogP contribution in [-0.2, 0) is 14.5 Å². The fraction of sp³-hybridized carbons (Fsp3) is 1.00. The van der Waals surface area contributed by atoms with Gasteiger partial charge in [0, 0.05) is 0 Å². The van der Waals surface area contributed by atoms with Crippen LogP contribution in [0.3, 0.4) is 0 Å². The molecule has 0 atom stereocenters. The lowest BCUT2D eigenvalue weighted by atomic mass is 10.4. The van der Waals surface area contributed by atoms with E-state index in [0.717, 1.165) is 0 Å². The molecule has 0 saturated heterocycles. The minimum atomic E-state index is -1.55. The van der Waals surface area contributed by atoms with E-state index in [4.69, 9.17) is 0 Å². The van der Waals surface area contributed by atoms with E-state index in [1.54, 1.807) is 0 Å². The summed E-state index contributed by atoms with van der Waals surface area (Å²) in [4.78, 5) is 40.5. The standard InChI is InChI=1S/C3H5N3O9.H3N/c7-4(8)13-1-3(15-6(11)12)2-14-5(9)10;/h3H,1-2H2;1H3. The molecule has 0 spiro atoms. The van der Waals surface area contributed by atoms with Crippen molar-refractivity contribution < 1.29 is 29.8 Å². The van der Waals surface area contributed by atoms with Crippen molar-refractivity contribution in [2.24, 2.45) is 0 Å². The van der Waals surface area contributed by atoms with Crippen molar-refractivity contribution in [3.05, 3.63) is 30.3 Å². The Morgan fingerprint density at radius 3 is 1.50 bits per heavy atom.